The molecule has 1 saturated heterocycles. The van der Waals surface area contributed by atoms with Crippen molar-refractivity contribution in [2.75, 3.05) is 26.2 Å². The molecule has 0 aliphatic carbocycles. The van der Waals surface area contributed by atoms with Gasteiger partial charge in [0.1, 0.15) is 0 Å². The molecule has 1 amide bonds. The fraction of sp³-hybridized carbons (Fsp3) is 0.300. The number of hydrogen-bond acceptors (Lipinski definition) is 4. The topological polar surface area (TPSA) is 86.4 Å². The predicted octanol–water partition coefficient (Wildman–Crippen LogP) is 2.33. The summed E-state index contributed by atoms with van der Waals surface area (Å²) in [6, 6.07) is 12.6. The third kappa shape index (κ3) is 3.18. The van der Waals surface area contributed by atoms with Crippen molar-refractivity contribution >= 4 is 26.8 Å². The fourth-order valence-corrected chi connectivity index (χ4v) is 4.94. The van der Waals surface area contributed by atoms with Crippen LogP contribution in [-0.2, 0) is 10.0 Å². The van der Waals surface area contributed by atoms with Gasteiger partial charge in [-0.05, 0) is 43.2 Å². The third-order valence-electron chi connectivity index (χ3n) is 5.31. The number of nitrogens with zero attached hydrogens (tertiary/aromatic N) is 3. The summed E-state index contributed by atoms with van der Waals surface area (Å²) < 4.78 is 27.3. The van der Waals surface area contributed by atoms with Gasteiger partial charge in [-0.2, -0.15) is 9.40 Å². The van der Waals surface area contributed by atoms with Gasteiger partial charge in [-0.25, -0.2) is 8.42 Å². The number of H-pyrrole nitrogens is 1. The van der Waals surface area contributed by atoms with Crippen molar-refractivity contribution < 1.29 is 13.2 Å². The number of piperazine rings is 1. The Morgan fingerprint density at radius 2 is 1.71 bits per heavy atom. The van der Waals surface area contributed by atoms with Crippen LogP contribution in [0.25, 0.3) is 10.9 Å². The lowest BCUT2D eigenvalue weighted by molar-refractivity contribution is 0.0694. The van der Waals surface area contributed by atoms with Crippen LogP contribution in [0.2, 0.25) is 0 Å². The Morgan fingerprint density at radius 1 is 1.00 bits per heavy atom. The van der Waals surface area contributed by atoms with Crippen molar-refractivity contribution in [3.8, 4) is 0 Å². The largest absolute Gasteiger partial charge is 0.335 e. The zero-order valence-corrected chi connectivity index (χ0v) is 16.7. The minimum atomic E-state index is -3.57. The van der Waals surface area contributed by atoms with Crippen molar-refractivity contribution in [1.29, 1.82) is 0 Å². The van der Waals surface area contributed by atoms with Crippen LogP contribution in [0, 0.1) is 13.8 Å². The molecule has 0 spiro atoms. The van der Waals surface area contributed by atoms with Crippen LogP contribution in [0.3, 0.4) is 0 Å². The molecular formula is C20H22N4O3S. The molecule has 146 valence electrons. The molecule has 0 saturated carbocycles. The molecule has 1 aliphatic heterocycles. The van der Waals surface area contributed by atoms with E-state index in [0.29, 0.717) is 23.7 Å². The van der Waals surface area contributed by atoms with Crippen LogP contribution >= 0.6 is 0 Å². The summed E-state index contributed by atoms with van der Waals surface area (Å²) >= 11 is 0. The quantitative estimate of drug-likeness (QED) is 0.734. The van der Waals surface area contributed by atoms with Crippen LogP contribution in [0.15, 0.2) is 47.4 Å². The molecule has 28 heavy (non-hydrogen) atoms. The number of hydrogen-bond donors (Lipinski definition) is 1. The number of nitrogens with one attached hydrogen (secondary N) is 1. The number of carbonyl (C=O) groups excluding carboxylic acids is 1. The van der Waals surface area contributed by atoms with Crippen LogP contribution < -0.4 is 0 Å². The lowest BCUT2D eigenvalue weighted by atomic mass is 10.1. The minimum Gasteiger partial charge on any atom is -0.335 e. The Labute approximate surface area is 164 Å². The first kappa shape index (κ1) is 18.6. The van der Waals surface area contributed by atoms with Gasteiger partial charge in [0.15, 0.2) is 5.69 Å². The number of rotatable bonds is 3. The minimum absolute atomic E-state index is 0.180. The highest BCUT2D eigenvalue weighted by Gasteiger charge is 2.31. The van der Waals surface area contributed by atoms with Gasteiger partial charge in [-0.3, -0.25) is 9.89 Å². The molecule has 1 aromatic heterocycles. The van der Waals surface area contributed by atoms with Crippen LogP contribution in [0.1, 0.15) is 21.6 Å². The van der Waals surface area contributed by atoms with Crippen LogP contribution in [-0.4, -0.2) is 59.9 Å². The van der Waals surface area contributed by atoms with E-state index in [9.17, 15) is 13.2 Å². The molecule has 0 bridgehead atoms. The van der Waals surface area contributed by atoms with E-state index in [0.717, 1.165) is 22.0 Å². The van der Waals surface area contributed by atoms with E-state index in [2.05, 4.69) is 10.2 Å². The molecule has 0 atom stereocenters. The highest BCUT2D eigenvalue weighted by atomic mass is 32.2. The second-order valence-electron chi connectivity index (χ2n) is 7.06. The van der Waals surface area contributed by atoms with E-state index < -0.39 is 10.0 Å². The second-order valence-corrected chi connectivity index (χ2v) is 9.00. The molecular weight excluding hydrogens is 376 g/mol. The molecule has 4 rings (SSSR count). The maximum atomic E-state index is 12.9. The Balaban J connectivity index is 1.49. The number of benzene rings is 2. The van der Waals surface area contributed by atoms with Gasteiger partial charge in [0, 0.05) is 31.6 Å². The standard InChI is InChI=1S/C20H22N4O3S/c1-14-7-8-16(13-15(14)2)28(26,27)24-11-9-23(10-12-24)20(25)19-17-5-3-4-6-18(17)21-22-19/h3-8,13H,9-12H2,1-2H3,(H,21,22). The van der Waals surface area contributed by atoms with Gasteiger partial charge in [0.05, 0.1) is 10.4 Å². The smallest absolute Gasteiger partial charge is 0.275 e. The van der Waals surface area contributed by atoms with Crippen molar-refractivity contribution in [2.45, 2.75) is 18.7 Å². The molecule has 3 aromatic rings. The van der Waals surface area contributed by atoms with Gasteiger partial charge in [0.2, 0.25) is 10.0 Å². The summed E-state index contributed by atoms with van der Waals surface area (Å²) in [4.78, 5) is 14.8. The first-order valence-corrected chi connectivity index (χ1v) is 10.6. The average Bonchev–Trinajstić information content (AvgIpc) is 3.13. The van der Waals surface area contributed by atoms with E-state index in [1.165, 1.54) is 4.31 Å². The number of amides is 1. The van der Waals surface area contributed by atoms with E-state index in [4.69, 9.17) is 0 Å². The molecule has 2 heterocycles. The van der Waals surface area contributed by atoms with Crippen LogP contribution in [0.5, 0.6) is 0 Å². The average molecular weight is 398 g/mol. The molecule has 1 aliphatic rings. The van der Waals surface area contributed by atoms with Crippen LogP contribution in [0.4, 0.5) is 0 Å². The summed E-state index contributed by atoms with van der Waals surface area (Å²) in [6.07, 6.45) is 0. The van der Waals surface area contributed by atoms with Gasteiger partial charge in [-0.1, -0.05) is 24.3 Å². The lowest BCUT2D eigenvalue weighted by Crippen LogP contribution is -2.50. The summed E-state index contributed by atoms with van der Waals surface area (Å²) in [7, 11) is -3.57. The Hall–Kier alpha value is -2.71. The van der Waals surface area contributed by atoms with Gasteiger partial charge < -0.3 is 4.90 Å². The number of sulfonamides is 1. The number of fused-ring (bicyclic) bond motifs is 1. The van der Waals surface area contributed by atoms with Gasteiger partial charge >= 0.3 is 0 Å². The molecule has 8 heteroatoms. The van der Waals surface area contributed by atoms with Crippen molar-refractivity contribution in [1.82, 2.24) is 19.4 Å². The Kier molecular flexibility index (Phi) is 4.68. The third-order valence-corrected chi connectivity index (χ3v) is 7.21. The zero-order valence-electron chi connectivity index (χ0n) is 15.8. The summed E-state index contributed by atoms with van der Waals surface area (Å²) in [5.41, 5.74) is 3.18. The number of aryl methyl sites for hydroxylation is 2. The van der Waals surface area contributed by atoms with Crippen molar-refractivity contribution in [2.24, 2.45) is 0 Å². The highest BCUT2D eigenvalue weighted by Crippen LogP contribution is 2.22. The maximum Gasteiger partial charge on any atom is 0.275 e. The first-order valence-electron chi connectivity index (χ1n) is 9.18. The van der Waals surface area contributed by atoms with E-state index in [1.807, 2.05) is 44.2 Å². The number of carbonyl (C=O) groups is 1. The Morgan fingerprint density at radius 3 is 2.43 bits per heavy atom. The first-order chi connectivity index (χ1) is 13.4. The molecule has 7 nitrogen and oxygen atoms in total. The van der Waals surface area contributed by atoms with Gasteiger partial charge in [-0.15, -0.1) is 0 Å². The monoisotopic (exact) mass is 398 g/mol. The Bertz CT molecular complexity index is 1150. The molecule has 0 radical (unpaired) electrons. The molecule has 1 N–H and O–H groups in total. The summed E-state index contributed by atoms with van der Waals surface area (Å²) in [6.45, 7) is 5.06. The van der Waals surface area contributed by atoms with Crippen molar-refractivity contribution in [3.05, 3.63) is 59.3 Å². The SMILES string of the molecule is Cc1ccc(S(=O)(=O)N2CCN(C(=O)c3n[nH]c4ccccc34)CC2)cc1C. The number of aromatic nitrogens is 2. The summed E-state index contributed by atoms with van der Waals surface area (Å²) in [5.74, 6) is -0.180. The van der Waals surface area contributed by atoms with E-state index >= 15 is 0 Å². The van der Waals surface area contributed by atoms with Crippen molar-refractivity contribution in [3.63, 3.8) is 0 Å². The fourth-order valence-electron chi connectivity index (χ4n) is 3.43. The predicted molar refractivity (Wildman–Crippen MR) is 107 cm³/mol. The second kappa shape index (κ2) is 7.03. The zero-order chi connectivity index (χ0) is 19.9. The van der Waals surface area contributed by atoms with Gasteiger partial charge in [0.25, 0.3) is 5.91 Å². The number of para-hydroxylation sites is 1. The molecule has 2 aromatic carbocycles. The normalized spacial score (nSPS) is 15.9. The summed E-state index contributed by atoms with van der Waals surface area (Å²) in [5, 5.41) is 7.80. The maximum absolute atomic E-state index is 12.9. The van der Waals surface area contributed by atoms with E-state index in [-0.39, 0.29) is 19.0 Å². The lowest BCUT2D eigenvalue weighted by Gasteiger charge is -2.33. The number of aromatic amines is 1. The highest BCUT2D eigenvalue weighted by molar-refractivity contribution is 7.89. The molecule has 1 fully saturated rings. The van der Waals surface area contributed by atoms with E-state index in [1.54, 1.807) is 17.0 Å². The molecule has 0 unspecified atom stereocenters.